The van der Waals surface area contributed by atoms with Crippen molar-refractivity contribution in [3.05, 3.63) is 32.8 Å². The number of anilines is 1. The Labute approximate surface area is 188 Å². The third-order valence-electron chi connectivity index (χ3n) is 5.18. The van der Waals surface area contributed by atoms with Gasteiger partial charge in [0.1, 0.15) is 11.1 Å². The van der Waals surface area contributed by atoms with Gasteiger partial charge in [0.05, 0.1) is 11.3 Å². The predicted octanol–water partition coefficient (Wildman–Crippen LogP) is 5.21. The molecule has 0 aromatic carbocycles. The van der Waals surface area contributed by atoms with Crippen LogP contribution in [0.5, 0.6) is 0 Å². The van der Waals surface area contributed by atoms with Gasteiger partial charge in [-0.3, -0.25) is 4.79 Å². The first-order valence-corrected chi connectivity index (χ1v) is 12.8. The van der Waals surface area contributed by atoms with Crippen molar-refractivity contribution in [1.29, 1.82) is 5.26 Å². The van der Waals surface area contributed by atoms with E-state index < -0.39 is 0 Å². The molecule has 6 nitrogen and oxygen atoms in total. The van der Waals surface area contributed by atoms with Gasteiger partial charge in [-0.15, -0.1) is 32.9 Å². The van der Waals surface area contributed by atoms with Gasteiger partial charge in [0.15, 0.2) is 11.0 Å². The van der Waals surface area contributed by atoms with Crippen LogP contribution in [0.4, 0.5) is 5.00 Å². The molecular formula is C21H23N5OS3. The largest absolute Gasteiger partial charge is 0.316 e. The van der Waals surface area contributed by atoms with Gasteiger partial charge in [0.2, 0.25) is 5.91 Å². The number of rotatable bonds is 7. The molecule has 1 aliphatic rings. The first kappa shape index (κ1) is 21.1. The summed E-state index contributed by atoms with van der Waals surface area (Å²) in [5.74, 6) is 1.74. The van der Waals surface area contributed by atoms with Gasteiger partial charge in [0, 0.05) is 22.4 Å². The lowest BCUT2D eigenvalue weighted by molar-refractivity contribution is -0.113. The van der Waals surface area contributed by atoms with Crippen molar-refractivity contribution in [2.24, 2.45) is 5.92 Å². The van der Waals surface area contributed by atoms with Gasteiger partial charge < -0.3 is 9.88 Å². The zero-order chi connectivity index (χ0) is 21.1. The highest BCUT2D eigenvalue weighted by Gasteiger charge is 2.24. The quantitative estimate of drug-likeness (QED) is 0.493. The number of nitriles is 1. The first-order valence-electron chi connectivity index (χ1n) is 10.0. The molecule has 3 aromatic rings. The van der Waals surface area contributed by atoms with E-state index in [0.29, 0.717) is 10.6 Å². The highest BCUT2D eigenvalue weighted by atomic mass is 32.2. The topological polar surface area (TPSA) is 83.6 Å². The molecule has 1 amide bonds. The zero-order valence-corrected chi connectivity index (χ0v) is 19.4. The number of nitrogens with zero attached hydrogens (tertiary/aromatic N) is 4. The van der Waals surface area contributed by atoms with Crippen LogP contribution in [-0.2, 0) is 24.2 Å². The monoisotopic (exact) mass is 457 g/mol. The summed E-state index contributed by atoms with van der Waals surface area (Å²) in [6.07, 6.45) is 4.43. The fourth-order valence-electron chi connectivity index (χ4n) is 3.67. The lowest BCUT2D eigenvalue weighted by Gasteiger charge is -2.19. The minimum atomic E-state index is -0.145. The summed E-state index contributed by atoms with van der Waals surface area (Å²) < 4.78 is 2.14. The minimum Gasteiger partial charge on any atom is -0.316 e. The van der Waals surface area contributed by atoms with Gasteiger partial charge in [0.25, 0.3) is 0 Å². The van der Waals surface area contributed by atoms with Gasteiger partial charge in [-0.1, -0.05) is 25.6 Å². The average Bonchev–Trinajstić information content (AvgIpc) is 3.45. The summed E-state index contributed by atoms with van der Waals surface area (Å²) in [4.78, 5) is 13.9. The molecule has 156 valence electrons. The van der Waals surface area contributed by atoms with Crippen LogP contribution in [0.15, 0.2) is 22.0 Å². The normalized spacial score (nSPS) is 15.6. The molecule has 0 spiro atoms. The molecule has 0 aliphatic heterocycles. The fourth-order valence-corrected chi connectivity index (χ4v) is 6.43. The van der Waals surface area contributed by atoms with Crippen molar-refractivity contribution in [2.45, 2.75) is 51.2 Å². The molecule has 0 bridgehead atoms. The summed E-state index contributed by atoms with van der Waals surface area (Å²) >= 11 is 4.58. The highest BCUT2D eigenvalue weighted by Crippen LogP contribution is 2.38. The van der Waals surface area contributed by atoms with Gasteiger partial charge in [-0.25, -0.2) is 0 Å². The Hall–Kier alpha value is -2.15. The maximum absolute atomic E-state index is 12.4. The summed E-state index contributed by atoms with van der Waals surface area (Å²) in [5.41, 5.74) is 3.13. The lowest BCUT2D eigenvalue weighted by Crippen LogP contribution is -2.14. The van der Waals surface area contributed by atoms with Crippen molar-refractivity contribution in [2.75, 3.05) is 11.1 Å². The molecular weight excluding hydrogens is 434 g/mol. The number of thiophene rings is 2. The van der Waals surface area contributed by atoms with Crippen LogP contribution < -0.4 is 5.32 Å². The molecule has 0 radical (unpaired) electrons. The maximum atomic E-state index is 12.4. The van der Waals surface area contributed by atoms with E-state index in [9.17, 15) is 4.79 Å². The van der Waals surface area contributed by atoms with Gasteiger partial charge in [-0.05, 0) is 48.6 Å². The van der Waals surface area contributed by atoms with Crippen molar-refractivity contribution in [3.63, 3.8) is 0 Å². The van der Waals surface area contributed by atoms with Crippen LogP contribution >= 0.6 is 34.4 Å². The molecule has 4 rings (SSSR count). The van der Waals surface area contributed by atoms with Crippen LogP contribution in [0.2, 0.25) is 0 Å². The SMILES string of the molecule is CCCn1c(SCC(=O)Nc2sccc2C#N)nnc1-c1csc2c1CCC(C)C2. The maximum Gasteiger partial charge on any atom is 0.235 e. The summed E-state index contributed by atoms with van der Waals surface area (Å²) in [5, 5.41) is 26.2. The molecule has 1 atom stereocenters. The highest BCUT2D eigenvalue weighted by molar-refractivity contribution is 7.99. The van der Waals surface area contributed by atoms with Crippen LogP contribution in [0.3, 0.4) is 0 Å². The van der Waals surface area contributed by atoms with E-state index in [-0.39, 0.29) is 11.7 Å². The smallest absolute Gasteiger partial charge is 0.235 e. The zero-order valence-electron chi connectivity index (χ0n) is 17.0. The van der Waals surface area contributed by atoms with E-state index in [2.05, 4.69) is 45.4 Å². The molecule has 30 heavy (non-hydrogen) atoms. The lowest BCUT2D eigenvalue weighted by atomic mass is 9.88. The van der Waals surface area contributed by atoms with Crippen molar-refractivity contribution in [3.8, 4) is 17.5 Å². The Kier molecular flexibility index (Phi) is 6.56. The van der Waals surface area contributed by atoms with Crippen LogP contribution in [-0.4, -0.2) is 26.4 Å². The summed E-state index contributed by atoms with van der Waals surface area (Å²) in [7, 11) is 0. The number of aromatic nitrogens is 3. The number of amides is 1. The Morgan fingerprint density at radius 2 is 2.30 bits per heavy atom. The number of thioether (sulfide) groups is 1. The second-order valence-electron chi connectivity index (χ2n) is 7.47. The molecule has 9 heteroatoms. The van der Waals surface area contributed by atoms with E-state index in [1.165, 1.54) is 45.5 Å². The number of hydrogen-bond acceptors (Lipinski definition) is 7. The number of hydrogen-bond donors (Lipinski definition) is 1. The van der Waals surface area contributed by atoms with Crippen LogP contribution in [0, 0.1) is 17.2 Å². The number of nitrogens with one attached hydrogen (secondary N) is 1. The van der Waals surface area contributed by atoms with E-state index in [4.69, 9.17) is 5.26 Å². The molecule has 1 aliphatic carbocycles. The number of fused-ring (bicyclic) bond motifs is 1. The van der Waals surface area contributed by atoms with Gasteiger partial charge >= 0.3 is 0 Å². The van der Waals surface area contributed by atoms with E-state index >= 15 is 0 Å². The summed E-state index contributed by atoms with van der Waals surface area (Å²) in [6, 6.07) is 3.80. The Balaban J connectivity index is 1.51. The molecule has 0 saturated carbocycles. The second-order valence-corrected chi connectivity index (χ2v) is 10.3. The van der Waals surface area contributed by atoms with Gasteiger partial charge in [-0.2, -0.15) is 5.26 Å². The van der Waals surface area contributed by atoms with Crippen molar-refractivity contribution < 1.29 is 4.79 Å². The standard InChI is InChI=1S/C21H23N5OS3/c1-3-7-26-19(16-11-29-17-9-13(2)4-5-15(16)17)24-25-21(26)30-12-18(27)23-20-14(10-22)6-8-28-20/h6,8,11,13H,3-5,7,9,12H2,1-2H3,(H,23,27). The van der Waals surface area contributed by atoms with Crippen LogP contribution in [0.25, 0.3) is 11.4 Å². The van der Waals surface area contributed by atoms with Crippen molar-refractivity contribution >= 4 is 45.3 Å². The second kappa shape index (κ2) is 9.33. The molecule has 1 N–H and O–H groups in total. The number of carbonyl (C=O) groups is 1. The molecule has 0 fully saturated rings. The summed E-state index contributed by atoms with van der Waals surface area (Å²) in [6.45, 7) is 5.27. The van der Waals surface area contributed by atoms with E-state index in [1.54, 1.807) is 11.4 Å². The first-order chi connectivity index (χ1) is 14.6. The Bertz CT molecular complexity index is 1090. The minimum absolute atomic E-state index is 0.145. The number of carbonyl (C=O) groups excluding carboxylic acids is 1. The molecule has 1 unspecified atom stereocenters. The molecule has 0 saturated heterocycles. The fraction of sp³-hybridized carbons (Fsp3) is 0.429. The third kappa shape index (κ3) is 4.31. The van der Waals surface area contributed by atoms with Crippen LogP contribution in [0.1, 0.15) is 42.7 Å². The van der Waals surface area contributed by atoms with E-state index in [0.717, 1.165) is 42.7 Å². The molecule has 3 heterocycles. The predicted molar refractivity (Wildman–Crippen MR) is 123 cm³/mol. The third-order valence-corrected chi connectivity index (χ3v) is 8.03. The molecule has 3 aromatic heterocycles. The van der Waals surface area contributed by atoms with E-state index in [1.807, 2.05) is 11.3 Å². The Morgan fingerprint density at radius 1 is 1.43 bits per heavy atom. The van der Waals surface area contributed by atoms with Crippen molar-refractivity contribution in [1.82, 2.24) is 14.8 Å². The Morgan fingerprint density at radius 3 is 3.10 bits per heavy atom. The average molecular weight is 458 g/mol.